The van der Waals surface area contributed by atoms with Gasteiger partial charge in [0.2, 0.25) is 0 Å². The van der Waals surface area contributed by atoms with Crippen molar-refractivity contribution < 1.29 is 18.0 Å². The third kappa shape index (κ3) is 3.79. The van der Waals surface area contributed by atoms with Crippen LogP contribution in [0.2, 0.25) is 0 Å². The number of nitrogens with one attached hydrogen (secondary N) is 1. The quantitative estimate of drug-likeness (QED) is 0.444. The van der Waals surface area contributed by atoms with Gasteiger partial charge in [0.1, 0.15) is 0 Å². The standard InChI is InChI=1S/C23H17F3N6O/c1-31-13-19-18-10-14(22(33)29-12-16-11-27-8-9-28-16)2-7-20(18)32(21(19)30-31)17-5-3-15(4-6-17)23(24,25)26/h2-11,13H,12H2,1H3,(H,29,33). The lowest BCUT2D eigenvalue weighted by Gasteiger charge is -2.10. The minimum atomic E-state index is -4.41. The van der Waals surface area contributed by atoms with Crippen molar-refractivity contribution >= 4 is 27.8 Å². The van der Waals surface area contributed by atoms with E-state index in [2.05, 4.69) is 20.4 Å². The topological polar surface area (TPSA) is 77.6 Å². The Morgan fingerprint density at radius 2 is 1.85 bits per heavy atom. The molecule has 166 valence electrons. The molecule has 1 N–H and O–H groups in total. The molecule has 0 saturated carbocycles. The molecule has 3 heterocycles. The van der Waals surface area contributed by atoms with Gasteiger partial charge in [-0.25, -0.2) is 0 Å². The largest absolute Gasteiger partial charge is 0.416 e. The van der Waals surface area contributed by atoms with Gasteiger partial charge >= 0.3 is 6.18 Å². The molecule has 0 unspecified atom stereocenters. The highest BCUT2D eigenvalue weighted by molar-refractivity contribution is 6.10. The highest BCUT2D eigenvalue weighted by Gasteiger charge is 2.30. The lowest BCUT2D eigenvalue weighted by molar-refractivity contribution is -0.137. The molecule has 7 nitrogen and oxygen atoms in total. The van der Waals surface area contributed by atoms with Crippen molar-refractivity contribution in [1.29, 1.82) is 0 Å². The van der Waals surface area contributed by atoms with E-state index >= 15 is 0 Å². The third-order valence-electron chi connectivity index (χ3n) is 5.31. The van der Waals surface area contributed by atoms with E-state index in [1.54, 1.807) is 53.1 Å². The molecular formula is C23H17F3N6O. The maximum Gasteiger partial charge on any atom is 0.416 e. The Labute approximate surface area is 185 Å². The number of nitrogens with zero attached hydrogens (tertiary/aromatic N) is 5. The van der Waals surface area contributed by atoms with Crippen molar-refractivity contribution in [3.63, 3.8) is 0 Å². The number of rotatable bonds is 4. The van der Waals surface area contributed by atoms with E-state index < -0.39 is 11.7 Å². The van der Waals surface area contributed by atoms with Crippen LogP contribution >= 0.6 is 0 Å². The van der Waals surface area contributed by atoms with Crippen molar-refractivity contribution in [3.05, 3.63) is 84.1 Å². The molecule has 0 aliphatic carbocycles. The van der Waals surface area contributed by atoms with Crippen LogP contribution in [0.5, 0.6) is 0 Å². The second-order valence-corrected chi connectivity index (χ2v) is 7.53. The molecule has 0 aliphatic heterocycles. The van der Waals surface area contributed by atoms with Gasteiger partial charge in [0.05, 0.1) is 29.5 Å². The number of amides is 1. The molecule has 10 heteroatoms. The number of carbonyl (C=O) groups is 1. The van der Waals surface area contributed by atoms with Crippen LogP contribution in [-0.4, -0.2) is 30.2 Å². The van der Waals surface area contributed by atoms with Crippen LogP contribution in [-0.2, 0) is 19.8 Å². The lowest BCUT2D eigenvalue weighted by Crippen LogP contribution is -2.23. The molecule has 0 bridgehead atoms. The number of aromatic nitrogens is 5. The van der Waals surface area contributed by atoms with Crippen LogP contribution in [0.3, 0.4) is 0 Å². The molecule has 1 amide bonds. The van der Waals surface area contributed by atoms with Gasteiger partial charge in [-0.2, -0.15) is 18.3 Å². The van der Waals surface area contributed by atoms with Crippen LogP contribution in [0.15, 0.2) is 67.3 Å². The zero-order valence-corrected chi connectivity index (χ0v) is 17.3. The first-order valence-corrected chi connectivity index (χ1v) is 10.00. The Kier molecular flexibility index (Phi) is 4.85. The number of aryl methyl sites for hydroxylation is 1. The fourth-order valence-corrected chi connectivity index (χ4v) is 3.79. The summed E-state index contributed by atoms with van der Waals surface area (Å²) in [6.45, 7) is 0.236. The molecular weight excluding hydrogens is 433 g/mol. The maximum absolute atomic E-state index is 13.0. The van der Waals surface area contributed by atoms with Crippen LogP contribution < -0.4 is 5.32 Å². The predicted molar refractivity (Wildman–Crippen MR) is 116 cm³/mol. The summed E-state index contributed by atoms with van der Waals surface area (Å²) in [6, 6.07) is 10.1. The monoisotopic (exact) mass is 450 g/mol. The molecule has 0 aliphatic rings. The molecule has 33 heavy (non-hydrogen) atoms. The first-order valence-electron chi connectivity index (χ1n) is 10.00. The fourth-order valence-electron chi connectivity index (χ4n) is 3.79. The third-order valence-corrected chi connectivity index (χ3v) is 5.31. The van der Waals surface area contributed by atoms with E-state index in [1.807, 2.05) is 6.20 Å². The van der Waals surface area contributed by atoms with Gasteiger partial charge < -0.3 is 5.32 Å². The van der Waals surface area contributed by atoms with E-state index in [0.717, 1.165) is 28.4 Å². The summed E-state index contributed by atoms with van der Waals surface area (Å²) in [7, 11) is 1.76. The summed E-state index contributed by atoms with van der Waals surface area (Å²) >= 11 is 0. The first kappa shape index (κ1) is 20.7. The minimum Gasteiger partial charge on any atom is -0.346 e. The second kappa shape index (κ2) is 7.73. The molecule has 0 spiro atoms. The van der Waals surface area contributed by atoms with Crippen LogP contribution in [0, 0.1) is 0 Å². The van der Waals surface area contributed by atoms with E-state index in [1.165, 1.54) is 12.1 Å². The van der Waals surface area contributed by atoms with Crippen molar-refractivity contribution in [3.8, 4) is 5.69 Å². The maximum atomic E-state index is 13.0. The molecule has 0 fully saturated rings. The number of carbonyl (C=O) groups excluding carboxylic acids is 1. The van der Waals surface area contributed by atoms with Gasteiger partial charge in [-0.3, -0.25) is 24.0 Å². The summed E-state index contributed by atoms with van der Waals surface area (Å²) in [6.07, 6.45) is 2.09. The highest BCUT2D eigenvalue weighted by atomic mass is 19.4. The molecule has 3 aromatic heterocycles. The van der Waals surface area contributed by atoms with Gasteiger partial charge in [-0.15, -0.1) is 0 Å². The van der Waals surface area contributed by atoms with Gasteiger partial charge in [-0.05, 0) is 42.5 Å². The Morgan fingerprint density at radius 1 is 1.06 bits per heavy atom. The number of hydrogen-bond donors (Lipinski definition) is 1. The molecule has 5 rings (SSSR count). The average Bonchev–Trinajstić information content (AvgIpc) is 3.32. The van der Waals surface area contributed by atoms with E-state index in [0.29, 0.717) is 22.6 Å². The Balaban J connectivity index is 1.55. The van der Waals surface area contributed by atoms with E-state index in [4.69, 9.17) is 0 Å². The van der Waals surface area contributed by atoms with Gasteiger partial charge in [-0.1, -0.05) is 0 Å². The highest BCUT2D eigenvalue weighted by Crippen LogP contribution is 2.34. The smallest absolute Gasteiger partial charge is 0.346 e. The number of hydrogen-bond acceptors (Lipinski definition) is 4. The Bertz CT molecular complexity index is 1470. The second-order valence-electron chi connectivity index (χ2n) is 7.53. The predicted octanol–water partition coefficient (Wildman–Crippen LogP) is 4.26. The number of alkyl halides is 3. The van der Waals surface area contributed by atoms with Crippen molar-refractivity contribution in [2.45, 2.75) is 12.7 Å². The van der Waals surface area contributed by atoms with Crippen molar-refractivity contribution in [1.82, 2.24) is 29.6 Å². The zero-order valence-electron chi connectivity index (χ0n) is 17.3. The van der Waals surface area contributed by atoms with Crippen LogP contribution in [0.1, 0.15) is 21.6 Å². The summed E-state index contributed by atoms with van der Waals surface area (Å²) in [4.78, 5) is 20.8. The zero-order chi connectivity index (χ0) is 23.2. The Morgan fingerprint density at radius 3 is 2.55 bits per heavy atom. The van der Waals surface area contributed by atoms with Gasteiger partial charge in [0, 0.05) is 47.7 Å². The molecule has 0 atom stereocenters. The minimum absolute atomic E-state index is 0.236. The summed E-state index contributed by atoms with van der Waals surface area (Å²) in [5.41, 5.74) is 2.23. The van der Waals surface area contributed by atoms with E-state index in [-0.39, 0.29) is 12.5 Å². The van der Waals surface area contributed by atoms with Gasteiger partial charge in [0.25, 0.3) is 5.91 Å². The average molecular weight is 450 g/mol. The molecule has 5 aromatic rings. The summed E-state index contributed by atoms with van der Waals surface area (Å²) < 4.78 is 42.4. The van der Waals surface area contributed by atoms with Crippen LogP contribution in [0.25, 0.3) is 27.6 Å². The molecule has 2 aromatic carbocycles. The van der Waals surface area contributed by atoms with Crippen molar-refractivity contribution in [2.24, 2.45) is 7.05 Å². The number of benzene rings is 2. The molecule has 0 radical (unpaired) electrons. The Hall–Kier alpha value is -4.21. The summed E-state index contributed by atoms with van der Waals surface area (Å²) in [5.74, 6) is -0.276. The number of halogens is 3. The normalized spacial score (nSPS) is 11.9. The first-order chi connectivity index (χ1) is 15.8. The molecule has 0 saturated heterocycles. The van der Waals surface area contributed by atoms with Gasteiger partial charge in [0.15, 0.2) is 5.65 Å². The van der Waals surface area contributed by atoms with Crippen LogP contribution in [0.4, 0.5) is 13.2 Å². The summed E-state index contributed by atoms with van der Waals surface area (Å²) in [5, 5.41) is 8.86. The van der Waals surface area contributed by atoms with E-state index in [9.17, 15) is 18.0 Å². The number of fused-ring (bicyclic) bond motifs is 3. The fraction of sp³-hybridized carbons (Fsp3) is 0.130. The van der Waals surface area contributed by atoms with Crippen molar-refractivity contribution in [2.75, 3.05) is 0 Å². The lowest BCUT2D eigenvalue weighted by atomic mass is 10.1. The SMILES string of the molecule is Cn1cc2c3cc(C(=O)NCc4cnccn4)ccc3n(-c3ccc(C(F)(F)F)cc3)c2n1.